The highest BCUT2D eigenvalue weighted by molar-refractivity contribution is 8.00. The smallest absolute Gasteiger partial charge is 0.0556 e. The molecule has 0 aliphatic carbocycles. The van der Waals surface area contributed by atoms with Gasteiger partial charge in [-0.15, -0.1) is 11.8 Å². The van der Waals surface area contributed by atoms with Crippen LogP contribution in [-0.2, 0) is 0 Å². The Kier molecular flexibility index (Phi) is 4.79. The van der Waals surface area contributed by atoms with Gasteiger partial charge in [-0.1, -0.05) is 31.5 Å². The second kappa shape index (κ2) is 5.64. The molecule has 0 aromatic heterocycles. The molecule has 1 atom stereocenters. The molecule has 1 N–H and O–H groups in total. The normalized spacial score (nSPS) is 13.2. The average Bonchev–Trinajstić information content (AvgIpc) is 2.14. The van der Waals surface area contributed by atoms with E-state index < -0.39 is 0 Å². The Morgan fingerprint density at radius 1 is 1.43 bits per heavy atom. The van der Waals surface area contributed by atoms with Crippen molar-refractivity contribution in [3.8, 4) is 0 Å². The lowest BCUT2D eigenvalue weighted by molar-refractivity contribution is 0.275. The molecular weight excluding hydrogens is 216 g/mol. The number of aliphatic hydroxyl groups excluding tert-OH is 1. The second-order valence-corrected chi connectivity index (χ2v) is 5.29. The van der Waals surface area contributed by atoms with E-state index >= 15 is 0 Å². The summed E-state index contributed by atoms with van der Waals surface area (Å²) in [7, 11) is 0. The lowest BCUT2D eigenvalue weighted by atomic mass is 10.1. The first-order chi connectivity index (χ1) is 6.63. The summed E-state index contributed by atoms with van der Waals surface area (Å²) >= 11 is 7.55. The van der Waals surface area contributed by atoms with Crippen LogP contribution in [-0.4, -0.2) is 17.0 Å². The van der Waals surface area contributed by atoms with Crippen LogP contribution < -0.4 is 0 Å². The third kappa shape index (κ3) is 3.52. The first kappa shape index (κ1) is 11.9. The molecule has 14 heavy (non-hydrogen) atoms. The number of hydrogen-bond acceptors (Lipinski definition) is 2. The summed E-state index contributed by atoms with van der Waals surface area (Å²) < 4.78 is 0. The maximum Gasteiger partial charge on any atom is 0.0556 e. The molecule has 1 aromatic carbocycles. The molecule has 0 bridgehead atoms. The summed E-state index contributed by atoms with van der Waals surface area (Å²) in [5, 5.41) is 10.2. The van der Waals surface area contributed by atoms with Crippen LogP contribution in [0.25, 0.3) is 0 Å². The van der Waals surface area contributed by atoms with Gasteiger partial charge in [0.05, 0.1) is 6.61 Å². The van der Waals surface area contributed by atoms with Crippen molar-refractivity contribution in [3.63, 3.8) is 0 Å². The standard InChI is InChI=1S/C11H15ClOS/c1-8(2)11(7-13)14-10-5-3-4-9(12)6-10/h3-6,8,11,13H,7H2,1-2H3. The van der Waals surface area contributed by atoms with Crippen LogP contribution in [0.5, 0.6) is 0 Å². The minimum Gasteiger partial charge on any atom is -0.395 e. The fourth-order valence-electron chi connectivity index (χ4n) is 1.10. The quantitative estimate of drug-likeness (QED) is 0.800. The van der Waals surface area contributed by atoms with E-state index in [0.717, 1.165) is 9.92 Å². The van der Waals surface area contributed by atoms with Gasteiger partial charge in [0.2, 0.25) is 0 Å². The molecule has 0 saturated heterocycles. The van der Waals surface area contributed by atoms with Crippen LogP contribution in [0, 0.1) is 5.92 Å². The first-order valence-corrected chi connectivity index (χ1v) is 5.92. The van der Waals surface area contributed by atoms with Gasteiger partial charge in [-0.3, -0.25) is 0 Å². The largest absolute Gasteiger partial charge is 0.395 e. The van der Waals surface area contributed by atoms with E-state index in [4.69, 9.17) is 11.6 Å². The Bertz CT molecular complexity index is 288. The number of benzene rings is 1. The monoisotopic (exact) mass is 230 g/mol. The lowest BCUT2D eigenvalue weighted by Gasteiger charge is -2.17. The lowest BCUT2D eigenvalue weighted by Crippen LogP contribution is -2.15. The highest BCUT2D eigenvalue weighted by Crippen LogP contribution is 2.29. The third-order valence-corrected chi connectivity index (χ3v) is 3.76. The molecule has 1 nitrogen and oxygen atoms in total. The molecule has 78 valence electrons. The van der Waals surface area contributed by atoms with Gasteiger partial charge in [-0.25, -0.2) is 0 Å². The van der Waals surface area contributed by atoms with E-state index in [9.17, 15) is 5.11 Å². The van der Waals surface area contributed by atoms with Crippen molar-refractivity contribution in [2.75, 3.05) is 6.61 Å². The number of aliphatic hydroxyl groups is 1. The van der Waals surface area contributed by atoms with E-state index in [-0.39, 0.29) is 11.9 Å². The summed E-state index contributed by atoms with van der Waals surface area (Å²) in [5.41, 5.74) is 0. The van der Waals surface area contributed by atoms with Crippen LogP contribution in [0.4, 0.5) is 0 Å². The Hall–Kier alpha value is -0.180. The zero-order valence-electron chi connectivity index (χ0n) is 8.40. The Labute approximate surface area is 94.5 Å². The van der Waals surface area contributed by atoms with Crippen molar-refractivity contribution in [1.82, 2.24) is 0 Å². The molecule has 0 aliphatic rings. The van der Waals surface area contributed by atoms with Crippen molar-refractivity contribution < 1.29 is 5.11 Å². The van der Waals surface area contributed by atoms with Gasteiger partial charge >= 0.3 is 0 Å². The molecule has 0 saturated carbocycles. The number of thioether (sulfide) groups is 1. The van der Waals surface area contributed by atoms with Crippen LogP contribution in [0.1, 0.15) is 13.8 Å². The average molecular weight is 231 g/mol. The zero-order chi connectivity index (χ0) is 10.6. The molecule has 3 heteroatoms. The van der Waals surface area contributed by atoms with Gasteiger partial charge in [-0.05, 0) is 24.1 Å². The Balaban J connectivity index is 2.67. The minimum atomic E-state index is 0.203. The summed E-state index contributed by atoms with van der Waals surface area (Å²) in [5.74, 6) is 0.462. The van der Waals surface area contributed by atoms with E-state index in [1.54, 1.807) is 11.8 Å². The maximum atomic E-state index is 9.17. The molecule has 0 heterocycles. The van der Waals surface area contributed by atoms with Crippen molar-refractivity contribution in [1.29, 1.82) is 0 Å². The van der Waals surface area contributed by atoms with Crippen LogP contribution in [0.2, 0.25) is 5.02 Å². The van der Waals surface area contributed by atoms with Gasteiger partial charge < -0.3 is 5.11 Å². The molecule has 0 fully saturated rings. The molecule has 1 unspecified atom stereocenters. The van der Waals surface area contributed by atoms with Crippen molar-refractivity contribution in [3.05, 3.63) is 29.3 Å². The van der Waals surface area contributed by atoms with E-state index in [0.29, 0.717) is 5.92 Å². The molecule has 1 aromatic rings. The SMILES string of the molecule is CC(C)C(CO)Sc1cccc(Cl)c1. The van der Waals surface area contributed by atoms with E-state index in [1.165, 1.54) is 0 Å². The van der Waals surface area contributed by atoms with E-state index in [2.05, 4.69) is 13.8 Å². The number of rotatable bonds is 4. The minimum absolute atomic E-state index is 0.203. The first-order valence-electron chi connectivity index (χ1n) is 4.66. The fraction of sp³-hybridized carbons (Fsp3) is 0.455. The van der Waals surface area contributed by atoms with Crippen LogP contribution in [0.3, 0.4) is 0 Å². The molecule has 0 spiro atoms. The summed E-state index contributed by atoms with van der Waals surface area (Å²) in [6, 6.07) is 7.73. The zero-order valence-corrected chi connectivity index (χ0v) is 9.98. The van der Waals surface area contributed by atoms with Crippen molar-refractivity contribution in [2.24, 2.45) is 5.92 Å². The molecule has 1 rings (SSSR count). The van der Waals surface area contributed by atoms with Gasteiger partial charge in [0.15, 0.2) is 0 Å². The molecule has 0 amide bonds. The van der Waals surface area contributed by atoms with Crippen molar-refractivity contribution in [2.45, 2.75) is 24.0 Å². The van der Waals surface area contributed by atoms with Gasteiger partial charge in [0, 0.05) is 15.2 Å². The maximum absolute atomic E-state index is 9.17. The predicted molar refractivity (Wildman–Crippen MR) is 63.0 cm³/mol. The van der Waals surface area contributed by atoms with Crippen LogP contribution in [0.15, 0.2) is 29.2 Å². The number of halogens is 1. The Morgan fingerprint density at radius 2 is 2.14 bits per heavy atom. The van der Waals surface area contributed by atoms with Gasteiger partial charge in [0.1, 0.15) is 0 Å². The molecule has 0 aliphatic heterocycles. The molecular formula is C11H15ClOS. The number of hydrogen-bond donors (Lipinski definition) is 1. The third-order valence-electron chi connectivity index (χ3n) is 2.01. The fourth-order valence-corrected chi connectivity index (χ4v) is 2.40. The summed E-state index contributed by atoms with van der Waals surface area (Å²) in [4.78, 5) is 1.12. The van der Waals surface area contributed by atoms with E-state index in [1.807, 2.05) is 24.3 Å². The summed E-state index contributed by atoms with van der Waals surface area (Å²) in [6.07, 6.45) is 0. The second-order valence-electron chi connectivity index (χ2n) is 3.54. The topological polar surface area (TPSA) is 20.2 Å². The molecule has 0 radical (unpaired) electrons. The Morgan fingerprint density at radius 3 is 2.64 bits per heavy atom. The van der Waals surface area contributed by atoms with Gasteiger partial charge in [-0.2, -0.15) is 0 Å². The highest BCUT2D eigenvalue weighted by Gasteiger charge is 2.13. The summed E-state index contributed by atoms with van der Waals surface area (Å²) in [6.45, 7) is 4.42. The van der Waals surface area contributed by atoms with Crippen molar-refractivity contribution >= 4 is 23.4 Å². The van der Waals surface area contributed by atoms with Crippen LogP contribution >= 0.6 is 23.4 Å². The highest BCUT2D eigenvalue weighted by atomic mass is 35.5. The van der Waals surface area contributed by atoms with Gasteiger partial charge in [0.25, 0.3) is 0 Å². The predicted octanol–water partition coefficient (Wildman–Crippen LogP) is 3.45.